The summed E-state index contributed by atoms with van der Waals surface area (Å²) in [5.74, 6) is -0.163. The zero-order valence-corrected chi connectivity index (χ0v) is 15.2. The topological polar surface area (TPSA) is 80.6 Å². The number of amides is 2. The van der Waals surface area contributed by atoms with Gasteiger partial charge in [0.15, 0.2) is 5.76 Å². The van der Waals surface area contributed by atoms with Crippen molar-refractivity contribution in [3.05, 3.63) is 71.5 Å². The van der Waals surface area contributed by atoms with E-state index in [1.165, 1.54) is 0 Å². The van der Waals surface area contributed by atoms with Gasteiger partial charge in [-0.3, -0.25) is 9.59 Å². The molecule has 3 rings (SSSR count). The molecule has 1 aromatic heterocycles. The van der Waals surface area contributed by atoms with Crippen LogP contribution in [0, 0.1) is 0 Å². The number of hydrogen-bond donors (Lipinski definition) is 2. The van der Waals surface area contributed by atoms with Crippen LogP contribution in [0.5, 0.6) is 0 Å². The van der Waals surface area contributed by atoms with Gasteiger partial charge < -0.3 is 19.8 Å². The van der Waals surface area contributed by atoms with Crippen LogP contribution in [0.15, 0.2) is 59.0 Å². The van der Waals surface area contributed by atoms with Gasteiger partial charge in [0.2, 0.25) is 5.91 Å². The first-order valence-corrected chi connectivity index (χ1v) is 8.77. The quantitative estimate of drug-likeness (QED) is 0.601. The highest BCUT2D eigenvalue weighted by Gasteiger charge is 2.19. The minimum Gasteiger partial charge on any atom is -0.451 e. The van der Waals surface area contributed by atoms with E-state index in [0.29, 0.717) is 25.1 Å². The van der Waals surface area contributed by atoms with Gasteiger partial charge in [0.1, 0.15) is 5.58 Å². The van der Waals surface area contributed by atoms with Gasteiger partial charge in [-0.05, 0) is 11.6 Å². The van der Waals surface area contributed by atoms with E-state index in [-0.39, 0.29) is 24.2 Å². The first-order chi connectivity index (χ1) is 13.2. The van der Waals surface area contributed by atoms with Gasteiger partial charge in [-0.15, -0.1) is 0 Å². The lowest BCUT2D eigenvalue weighted by Gasteiger charge is -2.07. The van der Waals surface area contributed by atoms with E-state index in [2.05, 4.69) is 10.6 Å². The number of benzene rings is 2. The zero-order chi connectivity index (χ0) is 19.1. The highest BCUT2D eigenvalue weighted by atomic mass is 16.5. The monoisotopic (exact) mass is 366 g/mol. The average Bonchev–Trinajstić information content (AvgIpc) is 3.05. The van der Waals surface area contributed by atoms with E-state index in [1.807, 2.05) is 54.6 Å². The Bertz CT molecular complexity index is 918. The Morgan fingerprint density at radius 1 is 0.963 bits per heavy atom. The van der Waals surface area contributed by atoms with E-state index < -0.39 is 0 Å². The summed E-state index contributed by atoms with van der Waals surface area (Å²) in [5.41, 5.74) is 2.31. The van der Waals surface area contributed by atoms with Crippen molar-refractivity contribution in [3.8, 4) is 0 Å². The molecule has 2 amide bonds. The lowest BCUT2D eigenvalue weighted by atomic mass is 10.1. The van der Waals surface area contributed by atoms with Gasteiger partial charge in [-0.25, -0.2) is 0 Å². The summed E-state index contributed by atoms with van der Waals surface area (Å²) in [7, 11) is 1.58. The molecule has 0 aliphatic carbocycles. The first kappa shape index (κ1) is 18.7. The lowest BCUT2D eigenvalue weighted by Crippen LogP contribution is -2.35. The summed E-state index contributed by atoms with van der Waals surface area (Å²) in [6.45, 7) is 0.938. The number of furan rings is 1. The number of nitrogens with one attached hydrogen (secondary N) is 2. The van der Waals surface area contributed by atoms with Gasteiger partial charge in [-0.2, -0.15) is 0 Å². The van der Waals surface area contributed by atoms with Crippen LogP contribution < -0.4 is 10.6 Å². The van der Waals surface area contributed by atoms with Crippen molar-refractivity contribution in [1.29, 1.82) is 0 Å². The third-order valence-electron chi connectivity index (χ3n) is 4.13. The molecule has 0 radical (unpaired) electrons. The van der Waals surface area contributed by atoms with Crippen molar-refractivity contribution in [3.63, 3.8) is 0 Å². The van der Waals surface area contributed by atoms with Crippen molar-refractivity contribution in [1.82, 2.24) is 10.6 Å². The van der Waals surface area contributed by atoms with Crippen LogP contribution in [0.1, 0.15) is 21.7 Å². The number of hydrogen-bond acceptors (Lipinski definition) is 4. The van der Waals surface area contributed by atoms with Crippen LogP contribution in [-0.4, -0.2) is 32.0 Å². The molecule has 0 spiro atoms. The summed E-state index contributed by atoms with van der Waals surface area (Å²) in [5, 5.41) is 6.43. The molecule has 0 aliphatic heterocycles. The predicted octanol–water partition coefficient (Wildman–Crippen LogP) is 2.67. The molecule has 0 atom stereocenters. The van der Waals surface area contributed by atoms with Crippen molar-refractivity contribution in [2.24, 2.45) is 0 Å². The van der Waals surface area contributed by atoms with E-state index in [1.54, 1.807) is 7.11 Å². The van der Waals surface area contributed by atoms with Crippen LogP contribution in [0.3, 0.4) is 0 Å². The Morgan fingerprint density at radius 3 is 2.44 bits per heavy atom. The number of para-hydroxylation sites is 1. The maximum Gasteiger partial charge on any atom is 0.287 e. The summed E-state index contributed by atoms with van der Waals surface area (Å²) in [6, 6.07) is 17.0. The molecule has 0 saturated carbocycles. The number of carbonyl (C=O) groups is 2. The fourth-order valence-corrected chi connectivity index (χ4v) is 2.87. The molecule has 0 saturated heterocycles. The van der Waals surface area contributed by atoms with Crippen LogP contribution in [0.2, 0.25) is 0 Å². The molecule has 3 aromatic rings. The molecule has 0 aliphatic rings. The lowest BCUT2D eigenvalue weighted by molar-refractivity contribution is -0.120. The van der Waals surface area contributed by atoms with Gasteiger partial charge in [0, 0.05) is 31.1 Å². The molecule has 1 heterocycles. The molecule has 0 bridgehead atoms. The van der Waals surface area contributed by atoms with Crippen LogP contribution in [0.4, 0.5) is 0 Å². The summed E-state index contributed by atoms with van der Waals surface area (Å²) >= 11 is 0. The third-order valence-corrected chi connectivity index (χ3v) is 4.13. The molecule has 0 fully saturated rings. The zero-order valence-electron chi connectivity index (χ0n) is 15.2. The van der Waals surface area contributed by atoms with Gasteiger partial charge in [0.05, 0.1) is 13.0 Å². The molecule has 6 heteroatoms. The molecule has 2 N–H and O–H groups in total. The second kappa shape index (κ2) is 9.00. The molecular weight excluding hydrogens is 344 g/mol. The molecule has 27 heavy (non-hydrogen) atoms. The molecule has 2 aromatic carbocycles. The minimum atomic E-state index is -0.324. The number of fused-ring (bicyclic) bond motifs is 1. The molecular formula is C21H22N2O4. The van der Waals surface area contributed by atoms with Crippen LogP contribution in [0.25, 0.3) is 11.0 Å². The van der Waals surface area contributed by atoms with Crippen molar-refractivity contribution in [2.45, 2.75) is 13.0 Å². The van der Waals surface area contributed by atoms with E-state index >= 15 is 0 Å². The van der Waals surface area contributed by atoms with Crippen LogP contribution >= 0.6 is 0 Å². The molecule has 140 valence electrons. The first-order valence-electron chi connectivity index (χ1n) is 8.77. The van der Waals surface area contributed by atoms with E-state index in [4.69, 9.17) is 9.15 Å². The SMILES string of the molecule is COCc1c(C(=O)NCCNC(=O)Cc2ccccc2)oc2ccccc12. The average molecular weight is 366 g/mol. The smallest absolute Gasteiger partial charge is 0.287 e. The Morgan fingerprint density at radius 2 is 1.67 bits per heavy atom. The Hall–Kier alpha value is -3.12. The van der Waals surface area contributed by atoms with Crippen molar-refractivity contribution in [2.75, 3.05) is 20.2 Å². The predicted molar refractivity (Wildman–Crippen MR) is 102 cm³/mol. The fourth-order valence-electron chi connectivity index (χ4n) is 2.87. The van der Waals surface area contributed by atoms with Crippen LogP contribution in [-0.2, 0) is 22.6 Å². The summed E-state index contributed by atoms with van der Waals surface area (Å²) in [4.78, 5) is 24.4. The van der Waals surface area contributed by atoms with E-state index in [9.17, 15) is 9.59 Å². The number of ether oxygens (including phenoxy) is 1. The van der Waals surface area contributed by atoms with Gasteiger partial charge in [-0.1, -0.05) is 48.5 Å². The maximum absolute atomic E-state index is 12.5. The standard InChI is InChI=1S/C21H22N2O4/c1-26-14-17-16-9-5-6-10-18(16)27-20(17)21(25)23-12-11-22-19(24)13-15-7-3-2-4-8-15/h2-10H,11-14H2,1H3,(H,22,24)(H,23,25). The van der Waals surface area contributed by atoms with Gasteiger partial charge >= 0.3 is 0 Å². The maximum atomic E-state index is 12.5. The number of rotatable bonds is 8. The Kier molecular flexibility index (Phi) is 6.22. The summed E-state index contributed by atoms with van der Waals surface area (Å²) < 4.78 is 10.9. The van der Waals surface area contributed by atoms with Crippen molar-refractivity contribution >= 4 is 22.8 Å². The highest BCUT2D eigenvalue weighted by molar-refractivity contribution is 5.99. The Balaban J connectivity index is 1.53. The van der Waals surface area contributed by atoms with E-state index in [0.717, 1.165) is 16.5 Å². The highest BCUT2D eigenvalue weighted by Crippen LogP contribution is 2.26. The molecule has 0 unspecified atom stereocenters. The molecule has 6 nitrogen and oxygen atoms in total. The minimum absolute atomic E-state index is 0.0840. The second-order valence-electron chi connectivity index (χ2n) is 6.11. The third kappa shape index (κ3) is 4.74. The van der Waals surface area contributed by atoms with Crippen molar-refractivity contribution < 1.29 is 18.7 Å². The normalized spacial score (nSPS) is 10.7. The largest absolute Gasteiger partial charge is 0.451 e. The summed E-state index contributed by atoms with van der Waals surface area (Å²) in [6.07, 6.45) is 0.316. The number of methoxy groups -OCH3 is 1. The Labute approximate surface area is 157 Å². The van der Waals surface area contributed by atoms with Gasteiger partial charge in [0.25, 0.3) is 5.91 Å². The second-order valence-corrected chi connectivity index (χ2v) is 6.11. The fraction of sp³-hybridized carbons (Fsp3) is 0.238. The number of carbonyl (C=O) groups excluding carboxylic acids is 2.